The SMILES string of the molecule is Nc1nc(-c2ccc(F)cn2)ncc1I. The van der Waals surface area contributed by atoms with Crippen LogP contribution in [0.2, 0.25) is 0 Å². The third kappa shape index (κ3) is 2.20. The second kappa shape index (κ2) is 4.05. The summed E-state index contributed by atoms with van der Waals surface area (Å²) in [4.78, 5) is 12.0. The average molecular weight is 316 g/mol. The summed E-state index contributed by atoms with van der Waals surface area (Å²) < 4.78 is 13.4. The van der Waals surface area contributed by atoms with Crippen LogP contribution in [0.25, 0.3) is 11.5 Å². The van der Waals surface area contributed by atoms with Gasteiger partial charge in [0.2, 0.25) is 0 Å². The number of nitrogens with zero attached hydrogens (tertiary/aromatic N) is 3. The van der Waals surface area contributed by atoms with Crippen LogP contribution in [-0.2, 0) is 0 Å². The molecule has 0 aliphatic carbocycles. The van der Waals surface area contributed by atoms with E-state index in [1.165, 1.54) is 12.1 Å². The van der Waals surface area contributed by atoms with Gasteiger partial charge in [0.1, 0.15) is 17.3 Å². The molecule has 2 heterocycles. The molecule has 76 valence electrons. The number of rotatable bonds is 1. The monoisotopic (exact) mass is 316 g/mol. The molecular formula is C9H6FIN4. The van der Waals surface area contributed by atoms with E-state index in [9.17, 15) is 4.39 Å². The molecule has 15 heavy (non-hydrogen) atoms. The summed E-state index contributed by atoms with van der Waals surface area (Å²) in [6, 6.07) is 2.82. The van der Waals surface area contributed by atoms with Gasteiger partial charge in [-0.15, -0.1) is 0 Å². The van der Waals surface area contributed by atoms with E-state index in [0.29, 0.717) is 17.3 Å². The standard InChI is InChI=1S/C9H6FIN4/c10-5-1-2-7(13-3-5)9-14-4-6(11)8(12)15-9/h1-4H,(H2,12,14,15). The van der Waals surface area contributed by atoms with Crippen molar-refractivity contribution in [1.29, 1.82) is 0 Å². The van der Waals surface area contributed by atoms with Gasteiger partial charge in [0, 0.05) is 6.20 Å². The molecule has 0 saturated heterocycles. The fourth-order valence-corrected chi connectivity index (χ4v) is 1.27. The van der Waals surface area contributed by atoms with Crippen molar-refractivity contribution in [3.63, 3.8) is 0 Å². The maximum absolute atomic E-state index is 12.6. The van der Waals surface area contributed by atoms with E-state index >= 15 is 0 Å². The van der Waals surface area contributed by atoms with E-state index in [0.717, 1.165) is 9.77 Å². The molecule has 0 spiro atoms. The van der Waals surface area contributed by atoms with Crippen LogP contribution >= 0.6 is 22.6 Å². The quantitative estimate of drug-likeness (QED) is 0.816. The first-order valence-corrected chi connectivity index (χ1v) is 5.14. The number of halogens is 2. The molecule has 4 nitrogen and oxygen atoms in total. The van der Waals surface area contributed by atoms with E-state index in [1.54, 1.807) is 6.20 Å². The molecule has 0 radical (unpaired) electrons. The Balaban J connectivity index is 2.45. The summed E-state index contributed by atoms with van der Waals surface area (Å²) in [5.74, 6) is 0.400. The van der Waals surface area contributed by atoms with Crippen molar-refractivity contribution in [1.82, 2.24) is 15.0 Å². The number of anilines is 1. The van der Waals surface area contributed by atoms with E-state index in [-0.39, 0.29) is 0 Å². The van der Waals surface area contributed by atoms with Crippen molar-refractivity contribution < 1.29 is 4.39 Å². The summed E-state index contributed by atoms with van der Waals surface area (Å²) >= 11 is 2.04. The topological polar surface area (TPSA) is 64.7 Å². The van der Waals surface area contributed by atoms with Crippen LogP contribution in [0.15, 0.2) is 24.5 Å². The third-order valence-electron chi connectivity index (χ3n) is 1.73. The van der Waals surface area contributed by atoms with E-state index in [4.69, 9.17) is 5.73 Å². The molecule has 0 bridgehead atoms. The number of nitrogens with two attached hydrogens (primary N) is 1. The largest absolute Gasteiger partial charge is 0.383 e. The first-order chi connectivity index (χ1) is 7.16. The zero-order chi connectivity index (χ0) is 10.8. The highest BCUT2D eigenvalue weighted by Crippen LogP contribution is 2.16. The summed E-state index contributed by atoms with van der Waals surface area (Å²) in [6.45, 7) is 0. The molecule has 0 aliphatic rings. The van der Waals surface area contributed by atoms with Gasteiger partial charge in [-0.25, -0.2) is 19.3 Å². The highest BCUT2D eigenvalue weighted by molar-refractivity contribution is 14.1. The highest BCUT2D eigenvalue weighted by atomic mass is 127. The molecule has 2 aromatic rings. The Morgan fingerprint density at radius 2 is 2.00 bits per heavy atom. The molecule has 6 heteroatoms. The highest BCUT2D eigenvalue weighted by Gasteiger charge is 2.05. The van der Waals surface area contributed by atoms with Gasteiger partial charge in [-0.3, -0.25) is 0 Å². The molecule has 0 unspecified atom stereocenters. The van der Waals surface area contributed by atoms with Crippen LogP contribution < -0.4 is 5.73 Å². The first-order valence-electron chi connectivity index (χ1n) is 4.07. The molecular weight excluding hydrogens is 310 g/mol. The molecule has 2 rings (SSSR count). The smallest absolute Gasteiger partial charge is 0.180 e. The van der Waals surface area contributed by atoms with Crippen LogP contribution in [0.3, 0.4) is 0 Å². The van der Waals surface area contributed by atoms with Crippen molar-refractivity contribution in [2.45, 2.75) is 0 Å². The molecule has 0 saturated carbocycles. The van der Waals surface area contributed by atoms with Crippen molar-refractivity contribution in [3.8, 4) is 11.5 Å². The number of pyridine rings is 1. The molecule has 0 fully saturated rings. The summed E-state index contributed by atoms with van der Waals surface area (Å²) in [6.07, 6.45) is 2.72. The maximum Gasteiger partial charge on any atom is 0.180 e. The van der Waals surface area contributed by atoms with Crippen molar-refractivity contribution in [2.75, 3.05) is 5.73 Å². The van der Waals surface area contributed by atoms with Gasteiger partial charge in [-0.1, -0.05) is 0 Å². The lowest BCUT2D eigenvalue weighted by Gasteiger charge is -2.01. The zero-order valence-corrected chi connectivity index (χ0v) is 9.64. The Hall–Kier alpha value is -1.31. The van der Waals surface area contributed by atoms with Crippen LogP contribution in [0.4, 0.5) is 10.2 Å². The first kappa shape index (κ1) is 10.2. The normalized spacial score (nSPS) is 10.3. The van der Waals surface area contributed by atoms with Gasteiger partial charge in [-0.05, 0) is 34.7 Å². The van der Waals surface area contributed by atoms with Gasteiger partial charge in [0.05, 0.1) is 9.77 Å². The molecule has 0 atom stereocenters. The zero-order valence-electron chi connectivity index (χ0n) is 7.48. The fraction of sp³-hybridized carbons (Fsp3) is 0. The van der Waals surface area contributed by atoms with Crippen LogP contribution in [-0.4, -0.2) is 15.0 Å². The minimum absolute atomic E-state index is 0.391. The number of aromatic nitrogens is 3. The summed E-state index contributed by atoms with van der Waals surface area (Å²) in [7, 11) is 0. The van der Waals surface area contributed by atoms with Gasteiger partial charge < -0.3 is 5.73 Å². The van der Waals surface area contributed by atoms with Crippen LogP contribution in [0, 0.1) is 9.39 Å². The third-order valence-corrected chi connectivity index (χ3v) is 2.56. The number of nitrogen functional groups attached to an aromatic ring is 1. The van der Waals surface area contributed by atoms with Crippen LogP contribution in [0.5, 0.6) is 0 Å². The van der Waals surface area contributed by atoms with E-state index < -0.39 is 5.82 Å². The van der Waals surface area contributed by atoms with Crippen molar-refractivity contribution in [3.05, 3.63) is 33.9 Å². The second-order valence-electron chi connectivity index (χ2n) is 2.79. The maximum atomic E-state index is 12.6. The second-order valence-corrected chi connectivity index (χ2v) is 3.95. The minimum atomic E-state index is -0.391. The Morgan fingerprint density at radius 1 is 1.20 bits per heavy atom. The van der Waals surface area contributed by atoms with Gasteiger partial charge in [-0.2, -0.15) is 0 Å². The van der Waals surface area contributed by atoms with Gasteiger partial charge >= 0.3 is 0 Å². The van der Waals surface area contributed by atoms with Crippen LogP contribution in [0.1, 0.15) is 0 Å². The fourth-order valence-electron chi connectivity index (χ4n) is 1.01. The lowest BCUT2D eigenvalue weighted by molar-refractivity contribution is 0.621. The molecule has 0 aromatic carbocycles. The number of hydrogen-bond acceptors (Lipinski definition) is 4. The Kier molecular flexibility index (Phi) is 2.76. The lowest BCUT2D eigenvalue weighted by Crippen LogP contribution is -1.99. The lowest BCUT2D eigenvalue weighted by atomic mass is 10.3. The summed E-state index contributed by atoms with van der Waals surface area (Å²) in [5.41, 5.74) is 6.13. The van der Waals surface area contributed by atoms with Gasteiger partial charge in [0.25, 0.3) is 0 Å². The Labute approximate surface area is 98.9 Å². The molecule has 2 N–H and O–H groups in total. The Morgan fingerprint density at radius 3 is 2.60 bits per heavy atom. The number of hydrogen-bond donors (Lipinski definition) is 1. The molecule has 2 aromatic heterocycles. The minimum Gasteiger partial charge on any atom is -0.383 e. The predicted octanol–water partition coefficient (Wildman–Crippen LogP) is 1.86. The predicted molar refractivity (Wildman–Crippen MR) is 62.4 cm³/mol. The molecule has 0 aliphatic heterocycles. The summed E-state index contributed by atoms with van der Waals surface area (Å²) in [5, 5.41) is 0. The average Bonchev–Trinajstić information content (AvgIpc) is 2.23. The van der Waals surface area contributed by atoms with Crippen molar-refractivity contribution in [2.24, 2.45) is 0 Å². The molecule has 0 amide bonds. The Bertz CT molecular complexity index is 486. The van der Waals surface area contributed by atoms with E-state index in [1.807, 2.05) is 22.6 Å². The van der Waals surface area contributed by atoms with Gasteiger partial charge in [0.15, 0.2) is 5.82 Å². The van der Waals surface area contributed by atoms with Crippen molar-refractivity contribution >= 4 is 28.4 Å². The van der Waals surface area contributed by atoms with E-state index in [2.05, 4.69) is 15.0 Å².